The van der Waals surface area contributed by atoms with Crippen molar-refractivity contribution >= 4 is 16.6 Å². The lowest BCUT2D eigenvalue weighted by atomic mass is 10.1. The van der Waals surface area contributed by atoms with Crippen LogP contribution in [0.25, 0.3) is 10.8 Å². The number of benzene rings is 1. The summed E-state index contributed by atoms with van der Waals surface area (Å²) in [5, 5.41) is 21.2. The van der Waals surface area contributed by atoms with E-state index in [0.29, 0.717) is 12.2 Å². The summed E-state index contributed by atoms with van der Waals surface area (Å²) in [6.45, 7) is 0.591. The largest absolute Gasteiger partial charge is 0.390 e. The summed E-state index contributed by atoms with van der Waals surface area (Å²) >= 11 is 0. The maximum atomic E-state index is 9.84. The molecule has 0 spiro atoms. The summed E-state index contributed by atoms with van der Waals surface area (Å²) in [6, 6.07) is 9.74. The second kappa shape index (κ2) is 6.65. The number of aliphatic hydroxyl groups is 2. The molecule has 1 aromatic carbocycles. The van der Waals surface area contributed by atoms with Gasteiger partial charge < -0.3 is 19.8 Å². The third kappa shape index (κ3) is 3.25. The van der Waals surface area contributed by atoms with Crippen molar-refractivity contribution in [3.05, 3.63) is 36.0 Å². The van der Waals surface area contributed by atoms with Crippen LogP contribution in [-0.2, 0) is 11.3 Å². The van der Waals surface area contributed by atoms with E-state index in [2.05, 4.69) is 4.98 Å². The quantitative estimate of drug-likeness (QED) is 0.829. The van der Waals surface area contributed by atoms with Crippen molar-refractivity contribution in [1.29, 1.82) is 0 Å². The monoisotopic (exact) mass is 276 g/mol. The molecule has 0 aliphatic carbocycles. The van der Waals surface area contributed by atoms with E-state index in [1.165, 1.54) is 0 Å². The van der Waals surface area contributed by atoms with Crippen LogP contribution in [0.15, 0.2) is 30.3 Å². The number of methoxy groups -OCH3 is 1. The lowest BCUT2D eigenvalue weighted by molar-refractivity contribution is 0.0694. The first-order valence-electron chi connectivity index (χ1n) is 6.53. The Morgan fingerprint density at radius 1 is 1.35 bits per heavy atom. The molecule has 1 heterocycles. The van der Waals surface area contributed by atoms with Crippen molar-refractivity contribution in [2.45, 2.75) is 12.7 Å². The van der Waals surface area contributed by atoms with Gasteiger partial charge in [0.1, 0.15) is 5.82 Å². The van der Waals surface area contributed by atoms with Gasteiger partial charge in [0.05, 0.1) is 25.0 Å². The van der Waals surface area contributed by atoms with Crippen LogP contribution in [0, 0.1) is 0 Å². The van der Waals surface area contributed by atoms with E-state index in [0.717, 1.165) is 16.6 Å². The third-order valence-electron chi connectivity index (χ3n) is 3.14. The van der Waals surface area contributed by atoms with Crippen molar-refractivity contribution in [3.63, 3.8) is 0 Å². The highest BCUT2D eigenvalue weighted by molar-refractivity contribution is 5.92. The molecule has 5 nitrogen and oxygen atoms in total. The van der Waals surface area contributed by atoms with Gasteiger partial charge in [0.25, 0.3) is 0 Å². The van der Waals surface area contributed by atoms with Gasteiger partial charge in [-0.25, -0.2) is 4.98 Å². The van der Waals surface area contributed by atoms with E-state index in [-0.39, 0.29) is 13.2 Å². The molecule has 2 N–H and O–H groups in total. The minimum atomic E-state index is -0.580. The van der Waals surface area contributed by atoms with Crippen molar-refractivity contribution in [2.24, 2.45) is 0 Å². The van der Waals surface area contributed by atoms with Gasteiger partial charge in [-0.1, -0.05) is 24.3 Å². The van der Waals surface area contributed by atoms with E-state index in [1.807, 2.05) is 42.3 Å². The van der Waals surface area contributed by atoms with Gasteiger partial charge >= 0.3 is 0 Å². The van der Waals surface area contributed by atoms with Gasteiger partial charge in [-0.2, -0.15) is 0 Å². The van der Waals surface area contributed by atoms with Crippen LogP contribution in [0.5, 0.6) is 0 Å². The third-order valence-corrected chi connectivity index (χ3v) is 3.14. The van der Waals surface area contributed by atoms with E-state index >= 15 is 0 Å². The van der Waals surface area contributed by atoms with Crippen LogP contribution in [0.3, 0.4) is 0 Å². The molecule has 2 aromatic rings. The predicted octanol–water partition coefficient (Wildman–Crippen LogP) is 1.17. The van der Waals surface area contributed by atoms with Crippen molar-refractivity contribution in [2.75, 3.05) is 32.2 Å². The molecule has 1 atom stereocenters. The number of ether oxygens (including phenoxy) is 1. The van der Waals surface area contributed by atoms with E-state index in [9.17, 15) is 10.2 Å². The summed E-state index contributed by atoms with van der Waals surface area (Å²) in [5.74, 6) is 0.752. The van der Waals surface area contributed by atoms with Crippen LogP contribution >= 0.6 is 0 Å². The highest BCUT2D eigenvalue weighted by Gasteiger charge is 2.13. The number of aliphatic hydroxyl groups excluding tert-OH is 2. The number of pyridine rings is 1. The summed E-state index contributed by atoms with van der Waals surface area (Å²) in [6.07, 6.45) is -0.580. The van der Waals surface area contributed by atoms with Crippen LogP contribution in [0.4, 0.5) is 5.82 Å². The average Bonchev–Trinajstić information content (AvgIpc) is 2.46. The molecule has 1 aromatic heterocycles. The van der Waals surface area contributed by atoms with E-state index in [4.69, 9.17) is 4.74 Å². The number of likely N-dealkylation sites (N-methyl/N-ethyl adjacent to an activating group) is 1. The topological polar surface area (TPSA) is 65.8 Å². The first-order chi connectivity index (χ1) is 9.65. The zero-order chi connectivity index (χ0) is 14.5. The Bertz CT molecular complexity index is 574. The fourth-order valence-electron chi connectivity index (χ4n) is 2.25. The second-order valence-corrected chi connectivity index (χ2v) is 4.81. The molecule has 0 aliphatic rings. The first kappa shape index (κ1) is 14.7. The smallest absolute Gasteiger partial charge is 0.136 e. The fraction of sp³-hybridized carbons (Fsp3) is 0.400. The second-order valence-electron chi connectivity index (χ2n) is 4.81. The van der Waals surface area contributed by atoms with Gasteiger partial charge in [-0.3, -0.25) is 0 Å². The summed E-state index contributed by atoms with van der Waals surface area (Å²) in [4.78, 5) is 6.34. The molecular weight excluding hydrogens is 256 g/mol. The molecule has 0 bridgehead atoms. The highest BCUT2D eigenvalue weighted by Crippen LogP contribution is 2.25. The number of aromatic nitrogens is 1. The normalized spacial score (nSPS) is 12.6. The molecule has 0 aliphatic heterocycles. The van der Waals surface area contributed by atoms with Crippen LogP contribution in [0.1, 0.15) is 5.69 Å². The number of hydrogen-bond donors (Lipinski definition) is 2. The lowest BCUT2D eigenvalue weighted by Crippen LogP contribution is -2.32. The van der Waals surface area contributed by atoms with Gasteiger partial charge in [0.2, 0.25) is 0 Å². The Balaban J connectivity index is 2.36. The van der Waals surface area contributed by atoms with Crippen LogP contribution < -0.4 is 4.90 Å². The Morgan fingerprint density at radius 3 is 2.80 bits per heavy atom. The number of hydrogen-bond acceptors (Lipinski definition) is 5. The first-order valence-corrected chi connectivity index (χ1v) is 6.53. The Labute approximate surface area is 118 Å². The molecule has 5 heteroatoms. The zero-order valence-corrected chi connectivity index (χ0v) is 11.8. The van der Waals surface area contributed by atoms with Gasteiger partial charge in [0.15, 0.2) is 0 Å². The highest BCUT2D eigenvalue weighted by atomic mass is 16.5. The molecular formula is C15H20N2O3. The minimum absolute atomic E-state index is 0.105. The number of anilines is 1. The Hall–Kier alpha value is -1.69. The number of rotatable bonds is 6. The SMILES string of the molecule is COCC(O)CN(C)c1nc(CO)cc2ccccc12. The molecule has 2 rings (SSSR count). The predicted molar refractivity (Wildman–Crippen MR) is 78.8 cm³/mol. The van der Waals surface area contributed by atoms with Crippen molar-refractivity contribution in [3.8, 4) is 0 Å². The number of nitrogens with zero attached hydrogens (tertiary/aromatic N) is 2. The fourth-order valence-corrected chi connectivity index (χ4v) is 2.25. The molecule has 20 heavy (non-hydrogen) atoms. The maximum Gasteiger partial charge on any atom is 0.136 e. The van der Waals surface area contributed by atoms with E-state index < -0.39 is 6.10 Å². The van der Waals surface area contributed by atoms with Gasteiger partial charge in [0, 0.05) is 26.1 Å². The van der Waals surface area contributed by atoms with Crippen LogP contribution in [-0.4, -0.2) is 48.6 Å². The van der Waals surface area contributed by atoms with Crippen molar-refractivity contribution < 1.29 is 14.9 Å². The van der Waals surface area contributed by atoms with Gasteiger partial charge in [-0.15, -0.1) is 0 Å². The molecule has 0 fully saturated rings. The average molecular weight is 276 g/mol. The Morgan fingerprint density at radius 2 is 2.10 bits per heavy atom. The van der Waals surface area contributed by atoms with Crippen LogP contribution in [0.2, 0.25) is 0 Å². The van der Waals surface area contributed by atoms with Gasteiger partial charge in [-0.05, 0) is 11.5 Å². The zero-order valence-electron chi connectivity index (χ0n) is 11.8. The molecule has 0 radical (unpaired) electrons. The van der Waals surface area contributed by atoms with Crippen molar-refractivity contribution in [1.82, 2.24) is 4.98 Å². The summed E-state index contributed by atoms with van der Waals surface area (Å²) in [7, 11) is 3.43. The molecule has 1 unspecified atom stereocenters. The van der Waals surface area contributed by atoms with E-state index in [1.54, 1.807) is 7.11 Å². The Kier molecular flexibility index (Phi) is 4.89. The number of fused-ring (bicyclic) bond motifs is 1. The summed E-state index contributed by atoms with van der Waals surface area (Å²) < 4.78 is 4.94. The summed E-state index contributed by atoms with van der Waals surface area (Å²) in [5.41, 5.74) is 0.617. The maximum absolute atomic E-state index is 9.84. The minimum Gasteiger partial charge on any atom is -0.390 e. The molecule has 108 valence electrons. The lowest BCUT2D eigenvalue weighted by Gasteiger charge is -2.23. The molecule has 0 saturated carbocycles. The standard InChI is InChI=1S/C15H20N2O3/c1-17(8-13(19)10-20-2)15-14-6-4-3-5-11(14)7-12(9-18)16-15/h3-7,13,18-19H,8-10H2,1-2H3. The molecule has 0 amide bonds. The molecule has 0 saturated heterocycles.